The molecule has 0 saturated heterocycles. The van der Waals surface area contributed by atoms with Crippen molar-refractivity contribution >= 4 is 21.4 Å². The van der Waals surface area contributed by atoms with E-state index in [2.05, 4.69) is 4.72 Å². The minimum atomic E-state index is -3.64. The average molecular weight is 276 g/mol. The second-order valence-corrected chi connectivity index (χ2v) is 5.84. The first-order chi connectivity index (χ1) is 9.03. The van der Waals surface area contributed by atoms with Gasteiger partial charge >= 0.3 is 0 Å². The third-order valence-electron chi connectivity index (χ3n) is 2.82. The van der Waals surface area contributed by atoms with Gasteiger partial charge in [0.2, 0.25) is 0 Å². The molecule has 19 heavy (non-hydrogen) atoms. The standard InChI is InChI=1S/C14H16N2O2S/c1-2-11-7-9-12(10-8-11)16-19(17,18)14-6-4-3-5-13(14)15/h3-10,16H,2,15H2,1H3. The molecule has 0 radical (unpaired) electrons. The number of rotatable bonds is 4. The fourth-order valence-electron chi connectivity index (χ4n) is 1.74. The van der Waals surface area contributed by atoms with Gasteiger partial charge in [-0.15, -0.1) is 0 Å². The minimum Gasteiger partial charge on any atom is -0.398 e. The summed E-state index contributed by atoms with van der Waals surface area (Å²) in [6.45, 7) is 2.05. The van der Waals surface area contributed by atoms with Crippen LogP contribution in [-0.2, 0) is 16.4 Å². The van der Waals surface area contributed by atoms with Crippen LogP contribution in [0.15, 0.2) is 53.4 Å². The molecule has 2 aromatic carbocycles. The van der Waals surface area contributed by atoms with Crippen molar-refractivity contribution < 1.29 is 8.42 Å². The predicted octanol–water partition coefficient (Wildman–Crippen LogP) is 2.63. The number of aryl methyl sites for hydroxylation is 1. The Morgan fingerprint density at radius 1 is 1.05 bits per heavy atom. The Hall–Kier alpha value is -2.01. The monoisotopic (exact) mass is 276 g/mol. The Bertz CT molecular complexity index is 664. The van der Waals surface area contributed by atoms with E-state index >= 15 is 0 Å². The quantitative estimate of drug-likeness (QED) is 0.843. The molecule has 2 rings (SSSR count). The van der Waals surface area contributed by atoms with Crippen molar-refractivity contribution in [2.75, 3.05) is 10.5 Å². The smallest absolute Gasteiger partial charge is 0.263 e. The van der Waals surface area contributed by atoms with Crippen molar-refractivity contribution in [3.8, 4) is 0 Å². The molecule has 0 amide bonds. The second-order valence-electron chi connectivity index (χ2n) is 4.19. The van der Waals surface area contributed by atoms with E-state index in [1.807, 2.05) is 19.1 Å². The predicted molar refractivity (Wildman–Crippen MR) is 77.5 cm³/mol. The van der Waals surface area contributed by atoms with Crippen LogP contribution in [0.3, 0.4) is 0 Å². The topological polar surface area (TPSA) is 72.2 Å². The van der Waals surface area contributed by atoms with Crippen LogP contribution in [0.25, 0.3) is 0 Å². The molecule has 0 atom stereocenters. The lowest BCUT2D eigenvalue weighted by atomic mass is 10.2. The molecule has 0 saturated carbocycles. The van der Waals surface area contributed by atoms with Crippen LogP contribution in [-0.4, -0.2) is 8.42 Å². The highest BCUT2D eigenvalue weighted by Gasteiger charge is 2.16. The molecule has 0 aliphatic carbocycles. The highest BCUT2D eigenvalue weighted by atomic mass is 32.2. The summed E-state index contributed by atoms with van der Waals surface area (Å²) in [5.74, 6) is 0. The number of nitrogens with one attached hydrogen (secondary N) is 1. The lowest BCUT2D eigenvalue weighted by molar-refractivity contribution is 0.601. The van der Waals surface area contributed by atoms with Gasteiger partial charge in [-0.2, -0.15) is 0 Å². The SMILES string of the molecule is CCc1ccc(NS(=O)(=O)c2ccccc2N)cc1. The van der Waals surface area contributed by atoms with Crippen LogP contribution < -0.4 is 10.5 Å². The van der Waals surface area contributed by atoms with Crippen molar-refractivity contribution in [3.05, 3.63) is 54.1 Å². The number of nitrogens with two attached hydrogens (primary N) is 1. The molecule has 0 bridgehead atoms. The molecular formula is C14H16N2O2S. The Morgan fingerprint density at radius 2 is 1.68 bits per heavy atom. The fourth-order valence-corrected chi connectivity index (χ4v) is 2.94. The van der Waals surface area contributed by atoms with E-state index in [0.717, 1.165) is 12.0 Å². The summed E-state index contributed by atoms with van der Waals surface area (Å²) in [5.41, 5.74) is 7.61. The molecule has 0 heterocycles. The lowest BCUT2D eigenvalue weighted by Crippen LogP contribution is -2.14. The normalized spacial score (nSPS) is 11.2. The number of hydrogen-bond acceptors (Lipinski definition) is 3. The molecule has 0 unspecified atom stereocenters. The lowest BCUT2D eigenvalue weighted by Gasteiger charge is -2.10. The molecule has 100 valence electrons. The zero-order chi connectivity index (χ0) is 13.9. The largest absolute Gasteiger partial charge is 0.398 e. The molecule has 3 N–H and O–H groups in total. The van der Waals surface area contributed by atoms with Crippen LogP contribution in [0.4, 0.5) is 11.4 Å². The minimum absolute atomic E-state index is 0.0922. The van der Waals surface area contributed by atoms with E-state index in [0.29, 0.717) is 5.69 Å². The Kier molecular flexibility index (Phi) is 3.76. The molecule has 4 nitrogen and oxygen atoms in total. The molecule has 2 aromatic rings. The summed E-state index contributed by atoms with van der Waals surface area (Å²) < 4.78 is 26.9. The molecule has 0 fully saturated rings. The number of para-hydroxylation sites is 1. The summed E-state index contributed by atoms with van der Waals surface area (Å²) in [6.07, 6.45) is 0.915. The van der Waals surface area contributed by atoms with Gasteiger partial charge in [-0.05, 0) is 36.2 Å². The van der Waals surface area contributed by atoms with E-state index in [1.165, 1.54) is 6.07 Å². The zero-order valence-corrected chi connectivity index (χ0v) is 11.4. The van der Waals surface area contributed by atoms with Gasteiger partial charge < -0.3 is 5.73 Å². The van der Waals surface area contributed by atoms with Gasteiger partial charge in [-0.3, -0.25) is 4.72 Å². The van der Waals surface area contributed by atoms with E-state index in [-0.39, 0.29) is 10.6 Å². The third kappa shape index (κ3) is 3.06. The van der Waals surface area contributed by atoms with E-state index in [1.54, 1.807) is 30.3 Å². The molecule has 0 aliphatic rings. The van der Waals surface area contributed by atoms with Crippen LogP contribution in [0.1, 0.15) is 12.5 Å². The van der Waals surface area contributed by atoms with Gasteiger partial charge in [0.1, 0.15) is 4.90 Å². The Labute approximate surface area is 113 Å². The van der Waals surface area contributed by atoms with Crippen LogP contribution in [0.5, 0.6) is 0 Å². The first-order valence-electron chi connectivity index (χ1n) is 5.99. The van der Waals surface area contributed by atoms with Crippen molar-refractivity contribution in [1.29, 1.82) is 0 Å². The number of anilines is 2. The van der Waals surface area contributed by atoms with Gasteiger partial charge in [0, 0.05) is 5.69 Å². The van der Waals surface area contributed by atoms with E-state index in [9.17, 15) is 8.42 Å². The zero-order valence-electron chi connectivity index (χ0n) is 10.6. The van der Waals surface area contributed by atoms with Crippen LogP contribution in [0, 0.1) is 0 Å². The molecule has 5 heteroatoms. The maximum atomic E-state index is 12.2. The van der Waals surface area contributed by atoms with Gasteiger partial charge in [-0.25, -0.2) is 8.42 Å². The first kappa shape index (κ1) is 13.4. The summed E-state index contributed by atoms with van der Waals surface area (Å²) in [7, 11) is -3.64. The van der Waals surface area contributed by atoms with Crippen molar-refractivity contribution in [2.24, 2.45) is 0 Å². The maximum absolute atomic E-state index is 12.2. The van der Waals surface area contributed by atoms with Crippen molar-refractivity contribution in [1.82, 2.24) is 0 Å². The fraction of sp³-hybridized carbons (Fsp3) is 0.143. The Balaban J connectivity index is 2.28. The number of hydrogen-bond donors (Lipinski definition) is 2. The number of sulfonamides is 1. The molecule has 0 aliphatic heterocycles. The summed E-state index contributed by atoms with van der Waals surface area (Å²) >= 11 is 0. The van der Waals surface area contributed by atoms with Gasteiger partial charge in [-0.1, -0.05) is 31.2 Å². The summed E-state index contributed by atoms with van der Waals surface area (Å²) in [6, 6.07) is 13.7. The Morgan fingerprint density at radius 3 is 2.26 bits per heavy atom. The number of nitrogen functional groups attached to an aromatic ring is 1. The van der Waals surface area contributed by atoms with Crippen molar-refractivity contribution in [3.63, 3.8) is 0 Å². The summed E-state index contributed by atoms with van der Waals surface area (Å²) in [5, 5.41) is 0. The maximum Gasteiger partial charge on any atom is 0.263 e. The number of benzene rings is 2. The second kappa shape index (κ2) is 5.32. The highest BCUT2D eigenvalue weighted by Crippen LogP contribution is 2.21. The van der Waals surface area contributed by atoms with Gasteiger partial charge in [0.15, 0.2) is 0 Å². The third-order valence-corrected chi connectivity index (χ3v) is 4.28. The molecule has 0 aromatic heterocycles. The van der Waals surface area contributed by atoms with Crippen LogP contribution in [0.2, 0.25) is 0 Å². The van der Waals surface area contributed by atoms with Crippen LogP contribution >= 0.6 is 0 Å². The molecule has 0 spiro atoms. The van der Waals surface area contributed by atoms with E-state index < -0.39 is 10.0 Å². The first-order valence-corrected chi connectivity index (χ1v) is 7.47. The van der Waals surface area contributed by atoms with Crippen molar-refractivity contribution in [2.45, 2.75) is 18.2 Å². The molecular weight excluding hydrogens is 260 g/mol. The summed E-state index contributed by atoms with van der Waals surface area (Å²) in [4.78, 5) is 0.0922. The van der Waals surface area contributed by atoms with Gasteiger partial charge in [0.05, 0.1) is 5.69 Å². The van der Waals surface area contributed by atoms with E-state index in [4.69, 9.17) is 5.73 Å². The average Bonchev–Trinajstić information content (AvgIpc) is 2.39. The van der Waals surface area contributed by atoms with Gasteiger partial charge in [0.25, 0.3) is 10.0 Å². The highest BCUT2D eigenvalue weighted by molar-refractivity contribution is 7.92.